The maximum atomic E-state index is 12.9. The van der Waals surface area contributed by atoms with Crippen molar-refractivity contribution in [3.63, 3.8) is 0 Å². The number of aromatic nitrogens is 4. The zero-order chi connectivity index (χ0) is 28.1. The Morgan fingerprint density at radius 2 is 1.82 bits per heavy atom. The van der Waals surface area contributed by atoms with Crippen LogP contribution in [0.3, 0.4) is 0 Å². The second-order valence-electron chi connectivity index (χ2n) is 9.87. The van der Waals surface area contributed by atoms with Crippen molar-refractivity contribution in [1.82, 2.24) is 18.7 Å². The van der Waals surface area contributed by atoms with Crippen LogP contribution in [0.4, 0.5) is 5.69 Å². The lowest BCUT2D eigenvalue weighted by Crippen LogP contribution is -2.38. The number of sulfone groups is 1. The number of fused-ring (bicyclic) bond motifs is 1. The summed E-state index contributed by atoms with van der Waals surface area (Å²) in [6.07, 6.45) is 2.75. The first-order chi connectivity index (χ1) is 18.5. The van der Waals surface area contributed by atoms with E-state index in [1.807, 2.05) is 0 Å². The monoisotopic (exact) mass is 538 g/mol. The largest absolute Gasteiger partial charge is 0.333 e. The topological polar surface area (TPSA) is 142 Å². The SMILES string of the molecule is [2H]CS(=O)(=O)c1nc2c(c(=O)n(C)c(=O)n2CC#Cc2cc(CC(=O)C3CC3)cc(NC(=O)C3CC3)c2)n1C. The lowest BCUT2D eigenvalue weighted by atomic mass is 10.0. The highest BCUT2D eigenvalue weighted by Gasteiger charge is 2.31. The van der Waals surface area contributed by atoms with E-state index in [0.717, 1.165) is 44.9 Å². The van der Waals surface area contributed by atoms with E-state index in [2.05, 4.69) is 22.1 Å². The van der Waals surface area contributed by atoms with Gasteiger partial charge in [-0.3, -0.25) is 23.5 Å². The number of hydrogen-bond acceptors (Lipinski definition) is 7. The first-order valence-electron chi connectivity index (χ1n) is 12.9. The summed E-state index contributed by atoms with van der Waals surface area (Å²) in [5, 5.41) is 2.41. The van der Waals surface area contributed by atoms with Crippen LogP contribution in [-0.2, 0) is 46.5 Å². The van der Waals surface area contributed by atoms with Crippen molar-refractivity contribution in [1.29, 1.82) is 0 Å². The standard InChI is InChI=1S/C26H27N5O6S/c1-29-21-22(28-25(29)38(3,36)37)31(26(35)30(2)24(21)34)10-4-5-15-11-16(14-20(32)17-6-7-17)13-19(12-15)27-23(33)18-8-9-18/h11-13,17-18H,6-10,14H2,1-3H3,(H,27,33)/i3D. The fourth-order valence-corrected chi connectivity index (χ4v) is 5.06. The molecule has 3 aromatic rings. The lowest BCUT2D eigenvalue weighted by Gasteiger charge is -2.09. The van der Waals surface area contributed by atoms with E-state index >= 15 is 0 Å². The normalized spacial score (nSPS) is 15.6. The molecule has 0 spiro atoms. The van der Waals surface area contributed by atoms with Crippen LogP contribution in [0.5, 0.6) is 0 Å². The Bertz CT molecular complexity index is 1770. The Kier molecular flexibility index (Phi) is 6.03. The number of carbonyl (C=O) groups excluding carboxylic acids is 2. The molecule has 11 nitrogen and oxygen atoms in total. The zero-order valence-electron chi connectivity index (χ0n) is 22.0. The van der Waals surface area contributed by atoms with E-state index in [1.165, 1.54) is 14.1 Å². The number of hydrogen-bond donors (Lipinski definition) is 1. The van der Waals surface area contributed by atoms with Crippen LogP contribution in [0.1, 0.15) is 38.2 Å². The molecule has 5 rings (SSSR count). The van der Waals surface area contributed by atoms with Crippen LogP contribution in [0, 0.1) is 23.7 Å². The molecule has 1 aromatic carbocycles. The van der Waals surface area contributed by atoms with Gasteiger partial charge in [0.05, 0.1) is 6.54 Å². The van der Waals surface area contributed by atoms with Gasteiger partial charge in [0.25, 0.3) is 5.56 Å². The number of nitrogens with zero attached hydrogens (tertiary/aromatic N) is 4. The zero-order valence-corrected chi connectivity index (χ0v) is 21.8. The number of anilines is 1. The van der Waals surface area contributed by atoms with Gasteiger partial charge in [-0.1, -0.05) is 11.8 Å². The average Bonchev–Trinajstić information content (AvgIpc) is 3.80. The maximum absolute atomic E-state index is 12.9. The third kappa shape index (κ3) is 5.06. The molecule has 2 fully saturated rings. The highest BCUT2D eigenvalue weighted by atomic mass is 32.2. The van der Waals surface area contributed by atoms with Gasteiger partial charge in [-0.15, -0.1) is 0 Å². The molecule has 12 heteroatoms. The molecule has 0 radical (unpaired) electrons. The molecule has 2 aromatic heterocycles. The number of nitrogens with one attached hydrogen (secondary N) is 1. The summed E-state index contributed by atoms with van der Waals surface area (Å²) in [5.74, 6) is 5.99. The lowest BCUT2D eigenvalue weighted by molar-refractivity contribution is -0.119. The second kappa shape index (κ2) is 9.40. The van der Waals surface area contributed by atoms with Crippen molar-refractivity contribution in [3.8, 4) is 11.8 Å². The fourth-order valence-electron chi connectivity index (χ4n) is 4.33. The quantitative estimate of drug-likeness (QED) is 0.438. The predicted molar refractivity (Wildman–Crippen MR) is 139 cm³/mol. The van der Waals surface area contributed by atoms with Crippen molar-refractivity contribution >= 4 is 38.4 Å². The molecule has 2 aliphatic rings. The van der Waals surface area contributed by atoms with E-state index < -0.39 is 32.5 Å². The van der Waals surface area contributed by atoms with Crippen molar-refractivity contribution < 1.29 is 19.4 Å². The predicted octanol–water partition coefficient (Wildman–Crippen LogP) is 0.759. The van der Waals surface area contributed by atoms with Crippen LogP contribution in [0.2, 0.25) is 0 Å². The summed E-state index contributed by atoms with van der Waals surface area (Å²) in [5.41, 5.74) is 0.0930. The number of imidazole rings is 1. The van der Waals surface area contributed by atoms with Crippen LogP contribution in [0.15, 0.2) is 32.9 Å². The number of aryl methyl sites for hydroxylation is 1. The molecular formula is C26H27N5O6S. The number of amides is 1. The number of Topliss-reactive ketones (excluding diaryl/α,β-unsaturated/α-hetero) is 1. The van der Waals surface area contributed by atoms with Gasteiger partial charge in [-0.05, 0) is 49.4 Å². The Morgan fingerprint density at radius 1 is 1.11 bits per heavy atom. The molecule has 0 atom stereocenters. The molecule has 38 heavy (non-hydrogen) atoms. The van der Waals surface area contributed by atoms with Crippen molar-refractivity contribution in [2.24, 2.45) is 25.9 Å². The number of benzene rings is 1. The van der Waals surface area contributed by atoms with Crippen LogP contribution in [-0.4, -0.2) is 45.0 Å². The molecule has 0 saturated heterocycles. The van der Waals surface area contributed by atoms with E-state index in [-0.39, 0.29) is 47.7 Å². The molecular weight excluding hydrogens is 510 g/mol. The summed E-state index contributed by atoms with van der Waals surface area (Å²) in [4.78, 5) is 54.5. The highest BCUT2D eigenvalue weighted by Crippen LogP contribution is 2.32. The number of rotatable bonds is 7. The summed E-state index contributed by atoms with van der Waals surface area (Å²) in [6.45, 7) is -0.212. The van der Waals surface area contributed by atoms with E-state index in [0.29, 0.717) is 11.3 Å². The molecule has 198 valence electrons. The van der Waals surface area contributed by atoms with Gasteiger partial charge in [0, 0.05) is 51.2 Å². The molecule has 2 saturated carbocycles. The maximum Gasteiger partial charge on any atom is 0.333 e. The third-order valence-electron chi connectivity index (χ3n) is 6.68. The van der Waals surface area contributed by atoms with Gasteiger partial charge in [-0.2, -0.15) is 4.98 Å². The highest BCUT2D eigenvalue weighted by molar-refractivity contribution is 7.90. The van der Waals surface area contributed by atoms with Gasteiger partial charge in [0.2, 0.25) is 20.9 Å². The fraction of sp³-hybridized carbons (Fsp3) is 0.423. The van der Waals surface area contributed by atoms with E-state index in [1.54, 1.807) is 18.2 Å². The number of carbonyl (C=O) groups is 2. The molecule has 0 bridgehead atoms. The third-order valence-corrected chi connectivity index (χ3v) is 7.61. The smallest absolute Gasteiger partial charge is 0.326 e. The summed E-state index contributed by atoms with van der Waals surface area (Å²) in [6, 6.07) is 5.23. The van der Waals surface area contributed by atoms with E-state index in [9.17, 15) is 27.6 Å². The summed E-state index contributed by atoms with van der Waals surface area (Å²) in [7, 11) is -1.48. The Balaban J connectivity index is 1.52. The van der Waals surface area contributed by atoms with E-state index in [4.69, 9.17) is 1.37 Å². The van der Waals surface area contributed by atoms with Crippen molar-refractivity contribution in [3.05, 3.63) is 50.2 Å². The Hall–Kier alpha value is -3.98. The van der Waals surface area contributed by atoms with Crippen LogP contribution < -0.4 is 16.6 Å². The Labute approximate surface area is 219 Å². The Morgan fingerprint density at radius 3 is 2.47 bits per heavy atom. The molecule has 2 aliphatic carbocycles. The molecule has 0 unspecified atom stereocenters. The van der Waals surface area contributed by atoms with Crippen LogP contribution >= 0.6 is 0 Å². The summed E-state index contributed by atoms with van der Waals surface area (Å²) >= 11 is 0. The average molecular weight is 539 g/mol. The van der Waals surface area contributed by atoms with Gasteiger partial charge in [0.15, 0.2) is 11.2 Å². The van der Waals surface area contributed by atoms with Gasteiger partial charge < -0.3 is 9.88 Å². The minimum atomic E-state index is -4.09. The molecule has 0 aliphatic heterocycles. The summed E-state index contributed by atoms with van der Waals surface area (Å²) < 4.78 is 35.0. The molecule has 1 N–H and O–H groups in total. The number of ketones is 1. The first-order valence-corrected chi connectivity index (χ1v) is 13.8. The van der Waals surface area contributed by atoms with Gasteiger partial charge in [-0.25, -0.2) is 13.2 Å². The van der Waals surface area contributed by atoms with Crippen molar-refractivity contribution in [2.45, 2.75) is 43.8 Å². The second-order valence-corrected chi connectivity index (χ2v) is 11.5. The van der Waals surface area contributed by atoms with Crippen LogP contribution in [0.25, 0.3) is 11.2 Å². The first kappa shape index (κ1) is 24.4. The van der Waals surface area contributed by atoms with Crippen molar-refractivity contribution in [2.75, 3.05) is 11.5 Å². The van der Waals surface area contributed by atoms with Gasteiger partial charge in [0.1, 0.15) is 5.78 Å². The minimum absolute atomic E-state index is 0.00238. The molecule has 2 heterocycles. The van der Waals surface area contributed by atoms with Gasteiger partial charge >= 0.3 is 5.69 Å². The minimum Gasteiger partial charge on any atom is -0.326 e. The molecule has 1 amide bonds.